The highest BCUT2D eigenvalue weighted by Crippen LogP contribution is 2.27. The molecule has 2 aliphatic rings. The first-order valence-corrected chi connectivity index (χ1v) is 11.4. The Morgan fingerprint density at radius 3 is 2.90 bits per heavy atom. The fourth-order valence-corrected chi connectivity index (χ4v) is 4.74. The van der Waals surface area contributed by atoms with Crippen molar-refractivity contribution in [1.29, 1.82) is 0 Å². The van der Waals surface area contributed by atoms with Gasteiger partial charge >= 0.3 is 0 Å². The maximum atomic E-state index is 13.1. The van der Waals surface area contributed by atoms with Gasteiger partial charge in [0.25, 0.3) is 5.91 Å². The van der Waals surface area contributed by atoms with Crippen LogP contribution in [0.25, 0.3) is 0 Å². The molecular weight excluding hydrogens is 390 g/mol. The maximum Gasteiger partial charge on any atom is 0.254 e. The molecular formula is C25H33N3O3. The molecule has 4 rings (SSSR count). The summed E-state index contributed by atoms with van der Waals surface area (Å²) in [4.78, 5) is 21.8. The molecule has 1 aromatic heterocycles. The Labute approximate surface area is 185 Å². The van der Waals surface area contributed by atoms with Gasteiger partial charge in [-0.1, -0.05) is 18.6 Å². The van der Waals surface area contributed by atoms with Gasteiger partial charge in [-0.2, -0.15) is 0 Å². The Morgan fingerprint density at radius 1 is 1.13 bits per heavy atom. The summed E-state index contributed by atoms with van der Waals surface area (Å²) >= 11 is 0. The molecule has 0 N–H and O–H groups in total. The van der Waals surface area contributed by atoms with E-state index in [1.54, 1.807) is 7.11 Å². The van der Waals surface area contributed by atoms with Gasteiger partial charge in [-0.05, 0) is 55.6 Å². The van der Waals surface area contributed by atoms with Crippen LogP contribution in [0.4, 0.5) is 0 Å². The third-order valence-electron chi connectivity index (χ3n) is 6.44. The SMILES string of the molecule is CO[C@H]1CCN2C[C@H]1CCCCN(Cc1cccnc1)CCOc1cccc(c1)C2=O. The normalized spacial score (nSPS) is 23.5. The molecule has 4 bridgehead atoms. The predicted octanol–water partition coefficient (Wildman–Crippen LogP) is 3.62. The van der Waals surface area contributed by atoms with Crippen LogP contribution in [0.2, 0.25) is 0 Å². The van der Waals surface area contributed by atoms with Crippen molar-refractivity contribution in [3.05, 3.63) is 59.9 Å². The molecule has 2 aliphatic heterocycles. The molecule has 3 heterocycles. The summed E-state index contributed by atoms with van der Waals surface area (Å²) < 4.78 is 11.8. The third kappa shape index (κ3) is 5.83. The number of ether oxygens (including phenoxy) is 2. The number of rotatable bonds is 3. The zero-order valence-electron chi connectivity index (χ0n) is 18.4. The van der Waals surface area contributed by atoms with Crippen LogP contribution >= 0.6 is 0 Å². The Morgan fingerprint density at radius 2 is 2.06 bits per heavy atom. The second-order valence-electron chi connectivity index (χ2n) is 8.58. The summed E-state index contributed by atoms with van der Waals surface area (Å²) in [6.45, 7) is 4.83. The highest BCUT2D eigenvalue weighted by Gasteiger charge is 2.31. The number of aromatic nitrogens is 1. The van der Waals surface area contributed by atoms with E-state index < -0.39 is 0 Å². The zero-order chi connectivity index (χ0) is 21.5. The Kier molecular flexibility index (Phi) is 7.54. The van der Waals surface area contributed by atoms with E-state index in [9.17, 15) is 4.79 Å². The van der Waals surface area contributed by atoms with E-state index in [-0.39, 0.29) is 12.0 Å². The Hall–Kier alpha value is -2.44. The summed E-state index contributed by atoms with van der Waals surface area (Å²) in [5.41, 5.74) is 1.92. The summed E-state index contributed by atoms with van der Waals surface area (Å²) in [5.74, 6) is 1.24. The van der Waals surface area contributed by atoms with Gasteiger partial charge in [-0.25, -0.2) is 0 Å². The number of hydrogen-bond acceptors (Lipinski definition) is 5. The quantitative estimate of drug-likeness (QED) is 0.755. The van der Waals surface area contributed by atoms with Crippen LogP contribution < -0.4 is 4.74 Å². The molecule has 6 nitrogen and oxygen atoms in total. The highest BCUT2D eigenvalue weighted by molar-refractivity contribution is 5.94. The van der Waals surface area contributed by atoms with Crippen molar-refractivity contribution in [2.75, 3.05) is 39.9 Å². The lowest BCUT2D eigenvalue weighted by Gasteiger charge is -2.38. The number of pyridine rings is 1. The van der Waals surface area contributed by atoms with E-state index in [2.05, 4.69) is 16.0 Å². The number of carbonyl (C=O) groups is 1. The van der Waals surface area contributed by atoms with E-state index in [4.69, 9.17) is 9.47 Å². The number of carbonyl (C=O) groups excluding carboxylic acids is 1. The lowest BCUT2D eigenvalue weighted by Crippen LogP contribution is -2.46. The van der Waals surface area contributed by atoms with Crippen LogP contribution in [0.5, 0.6) is 5.75 Å². The van der Waals surface area contributed by atoms with E-state index in [1.807, 2.05) is 47.6 Å². The van der Waals surface area contributed by atoms with Crippen LogP contribution in [-0.4, -0.2) is 66.7 Å². The zero-order valence-corrected chi connectivity index (χ0v) is 18.4. The average molecular weight is 424 g/mol. The van der Waals surface area contributed by atoms with Crippen LogP contribution in [0, 0.1) is 5.92 Å². The summed E-state index contributed by atoms with van der Waals surface area (Å²) in [7, 11) is 1.80. The largest absolute Gasteiger partial charge is 0.492 e. The molecule has 31 heavy (non-hydrogen) atoms. The highest BCUT2D eigenvalue weighted by atomic mass is 16.5. The van der Waals surface area contributed by atoms with Crippen LogP contribution in [0.1, 0.15) is 41.6 Å². The predicted molar refractivity (Wildman–Crippen MR) is 120 cm³/mol. The average Bonchev–Trinajstić information content (AvgIpc) is 2.81. The van der Waals surface area contributed by atoms with E-state index in [0.717, 1.165) is 64.2 Å². The second-order valence-corrected chi connectivity index (χ2v) is 8.58. The van der Waals surface area contributed by atoms with Gasteiger partial charge in [-0.15, -0.1) is 0 Å². The first-order chi connectivity index (χ1) is 15.2. The van der Waals surface area contributed by atoms with Crippen molar-refractivity contribution in [3.8, 4) is 5.75 Å². The first-order valence-electron chi connectivity index (χ1n) is 11.4. The van der Waals surface area contributed by atoms with Gasteiger partial charge in [0.1, 0.15) is 12.4 Å². The molecule has 1 fully saturated rings. The van der Waals surface area contributed by atoms with Crippen LogP contribution in [0.15, 0.2) is 48.8 Å². The molecule has 0 spiro atoms. The number of fused-ring (bicyclic) bond motifs is 4. The number of hydrogen-bond donors (Lipinski definition) is 0. The number of benzene rings is 1. The Bertz CT molecular complexity index is 845. The molecule has 0 aliphatic carbocycles. The third-order valence-corrected chi connectivity index (χ3v) is 6.44. The lowest BCUT2D eigenvalue weighted by atomic mass is 9.89. The molecule has 1 aromatic carbocycles. The molecule has 1 amide bonds. The van der Waals surface area contributed by atoms with E-state index in [0.29, 0.717) is 18.1 Å². The number of methoxy groups -OCH3 is 1. The first kappa shape index (κ1) is 21.8. The van der Waals surface area contributed by atoms with Crippen molar-refractivity contribution in [1.82, 2.24) is 14.8 Å². The molecule has 166 valence electrons. The minimum atomic E-state index is 0.0954. The summed E-state index contributed by atoms with van der Waals surface area (Å²) in [5, 5.41) is 0. The minimum Gasteiger partial charge on any atom is -0.492 e. The molecule has 2 atom stereocenters. The fourth-order valence-electron chi connectivity index (χ4n) is 4.74. The molecule has 2 aromatic rings. The van der Waals surface area contributed by atoms with E-state index in [1.165, 1.54) is 5.56 Å². The van der Waals surface area contributed by atoms with Crippen molar-refractivity contribution in [2.24, 2.45) is 5.92 Å². The van der Waals surface area contributed by atoms with E-state index >= 15 is 0 Å². The molecule has 0 unspecified atom stereocenters. The summed E-state index contributed by atoms with van der Waals surface area (Å²) in [6, 6.07) is 11.7. The number of amides is 1. The van der Waals surface area contributed by atoms with Crippen LogP contribution in [-0.2, 0) is 11.3 Å². The van der Waals surface area contributed by atoms with Crippen molar-refractivity contribution in [3.63, 3.8) is 0 Å². The second kappa shape index (κ2) is 10.7. The van der Waals surface area contributed by atoms with Gasteiger partial charge in [0.2, 0.25) is 0 Å². The molecule has 0 saturated carbocycles. The standard InChI is InChI=1S/C25H33N3O3/c1-30-24-10-13-28-19-22(24)7-2-3-12-27(18-20-6-5-11-26-17-20)14-15-31-23-9-4-8-21(16-23)25(28)29/h4-6,8-9,11,16-17,22,24H,2-3,7,10,12-15,18-19H2,1H3/t22-,24+/m1/s1. The van der Waals surface area contributed by atoms with Gasteiger partial charge in [0.05, 0.1) is 6.10 Å². The van der Waals surface area contributed by atoms with Crippen molar-refractivity contribution in [2.45, 2.75) is 38.3 Å². The maximum absolute atomic E-state index is 13.1. The van der Waals surface area contributed by atoms with Gasteiger partial charge in [0, 0.05) is 57.2 Å². The van der Waals surface area contributed by atoms with Gasteiger partial charge in [-0.3, -0.25) is 14.7 Å². The monoisotopic (exact) mass is 423 g/mol. The summed E-state index contributed by atoms with van der Waals surface area (Å²) in [6.07, 6.45) is 8.22. The molecule has 0 radical (unpaired) electrons. The smallest absolute Gasteiger partial charge is 0.254 e. The molecule has 6 heteroatoms. The fraction of sp³-hybridized carbons (Fsp3) is 0.520. The topological polar surface area (TPSA) is 54.9 Å². The van der Waals surface area contributed by atoms with Crippen molar-refractivity contribution >= 4 is 5.91 Å². The lowest BCUT2D eigenvalue weighted by molar-refractivity contribution is -0.00676. The van der Waals surface area contributed by atoms with Crippen molar-refractivity contribution < 1.29 is 14.3 Å². The number of nitrogens with zero attached hydrogens (tertiary/aromatic N) is 3. The minimum absolute atomic E-state index is 0.0954. The number of piperidine rings is 1. The molecule has 1 saturated heterocycles. The Balaban J connectivity index is 1.50. The van der Waals surface area contributed by atoms with Crippen LogP contribution in [0.3, 0.4) is 0 Å². The van der Waals surface area contributed by atoms with Gasteiger partial charge in [0.15, 0.2) is 0 Å². The van der Waals surface area contributed by atoms with Gasteiger partial charge < -0.3 is 14.4 Å².